The molecule has 0 bridgehead atoms. The van der Waals surface area contributed by atoms with Crippen molar-refractivity contribution in [2.45, 2.75) is 56.5 Å². The van der Waals surface area contributed by atoms with E-state index >= 15 is 0 Å². The van der Waals surface area contributed by atoms with Crippen LogP contribution in [-0.2, 0) is 11.2 Å². The third-order valence-corrected chi connectivity index (χ3v) is 7.03. The highest BCUT2D eigenvalue weighted by Gasteiger charge is 2.47. The molecule has 35 heavy (non-hydrogen) atoms. The second kappa shape index (κ2) is 10.5. The fourth-order valence-corrected chi connectivity index (χ4v) is 5.13. The van der Waals surface area contributed by atoms with Gasteiger partial charge in [-0.15, -0.1) is 11.3 Å². The second-order valence-corrected chi connectivity index (χ2v) is 9.81. The van der Waals surface area contributed by atoms with Crippen LogP contribution in [0.1, 0.15) is 63.5 Å². The van der Waals surface area contributed by atoms with Gasteiger partial charge in [0, 0.05) is 29.8 Å². The summed E-state index contributed by atoms with van der Waals surface area (Å²) in [6.07, 6.45) is 4.10. The van der Waals surface area contributed by atoms with Crippen LogP contribution in [0.3, 0.4) is 0 Å². The summed E-state index contributed by atoms with van der Waals surface area (Å²) in [6, 6.07) is 7.97. The molecule has 0 spiro atoms. The Morgan fingerprint density at radius 1 is 1.17 bits per heavy atom. The molecule has 1 aromatic heterocycles. The number of alkyl halides is 2. The zero-order chi connectivity index (χ0) is 25.0. The van der Waals surface area contributed by atoms with Gasteiger partial charge in [-0.05, 0) is 30.5 Å². The van der Waals surface area contributed by atoms with Crippen molar-refractivity contribution in [1.82, 2.24) is 20.5 Å². The van der Waals surface area contributed by atoms with Crippen molar-refractivity contribution >= 4 is 29.1 Å². The van der Waals surface area contributed by atoms with E-state index in [1.165, 1.54) is 11.3 Å². The number of hydrogen-bond donors (Lipinski definition) is 2. The minimum absolute atomic E-state index is 0.0788. The minimum atomic E-state index is -3.11. The predicted octanol–water partition coefficient (Wildman–Crippen LogP) is 2.90. The van der Waals surface area contributed by atoms with Crippen molar-refractivity contribution in [2.24, 2.45) is 0 Å². The SMILES string of the molecule is N#C[C@@H]1CC(F)(F)CN1C(=O)CNC(=O)c1csc(Cc2ccc(C(=O)NC3CCCC3)cc2)n1. The number of carbonyl (C=O) groups excluding carboxylic acids is 3. The highest BCUT2D eigenvalue weighted by molar-refractivity contribution is 7.09. The number of nitrogens with zero attached hydrogens (tertiary/aromatic N) is 3. The van der Waals surface area contributed by atoms with Crippen LogP contribution in [0.2, 0.25) is 0 Å². The summed E-state index contributed by atoms with van der Waals surface area (Å²) in [7, 11) is 0. The molecule has 1 aromatic carbocycles. The summed E-state index contributed by atoms with van der Waals surface area (Å²) in [5.74, 6) is -4.53. The van der Waals surface area contributed by atoms with Crippen molar-refractivity contribution in [3.05, 3.63) is 51.5 Å². The lowest BCUT2D eigenvalue weighted by Crippen LogP contribution is -2.43. The predicted molar refractivity (Wildman–Crippen MR) is 124 cm³/mol. The van der Waals surface area contributed by atoms with E-state index < -0.39 is 43.3 Å². The molecule has 2 fully saturated rings. The number of amides is 3. The summed E-state index contributed by atoms with van der Waals surface area (Å²) in [5, 5.41) is 16.7. The highest BCUT2D eigenvalue weighted by Crippen LogP contribution is 2.31. The lowest BCUT2D eigenvalue weighted by molar-refractivity contribution is -0.131. The third-order valence-electron chi connectivity index (χ3n) is 6.19. The first-order valence-corrected chi connectivity index (χ1v) is 12.3. The maximum Gasteiger partial charge on any atom is 0.271 e. The molecular weight excluding hydrogens is 476 g/mol. The Bertz CT molecular complexity index is 1140. The van der Waals surface area contributed by atoms with Gasteiger partial charge in [0.1, 0.15) is 11.7 Å². The Morgan fingerprint density at radius 3 is 2.57 bits per heavy atom. The topological polar surface area (TPSA) is 115 Å². The normalized spacial score (nSPS) is 19.3. The largest absolute Gasteiger partial charge is 0.349 e. The molecule has 1 saturated heterocycles. The van der Waals surface area contributed by atoms with Crippen LogP contribution in [0.5, 0.6) is 0 Å². The molecule has 2 heterocycles. The highest BCUT2D eigenvalue weighted by atomic mass is 32.1. The van der Waals surface area contributed by atoms with Crippen LogP contribution in [0, 0.1) is 11.3 Å². The fourth-order valence-electron chi connectivity index (χ4n) is 4.33. The molecule has 4 rings (SSSR count). The quantitative estimate of drug-likeness (QED) is 0.606. The van der Waals surface area contributed by atoms with Gasteiger partial charge in [0.2, 0.25) is 5.91 Å². The Labute approximate surface area is 205 Å². The molecule has 1 aliphatic carbocycles. The lowest BCUT2D eigenvalue weighted by Gasteiger charge is -2.19. The standard InChI is InChI=1S/C24H25F2N5O3S/c25-24(26)10-18(11-27)31(14-24)21(32)12-28-23(34)19-13-35-20(30-19)9-15-5-7-16(8-6-15)22(33)29-17-3-1-2-4-17/h5-8,13,17-18H,1-4,9-10,12,14H2,(H,28,34)(H,29,33)/t18-/m0/s1. The molecule has 0 radical (unpaired) electrons. The van der Waals surface area contributed by atoms with Crippen molar-refractivity contribution in [1.29, 1.82) is 5.26 Å². The Hall–Kier alpha value is -3.39. The monoisotopic (exact) mass is 501 g/mol. The third kappa shape index (κ3) is 6.19. The molecule has 11 heteroatoms. The van der Waals surface area contributed by atoms with E-state index in [9.17, 15) is 23.2 Å². The smallest absolute Gasteiger partial charge is 0.271 e. The van der Waals surface area contributed by atoms with Gasteiger partial charge in [0.05, 0.1) is 24.2 Å². The number of rotatable bonds is 7. The molecule has 8 nitrogen and oxygen atoms in total. The molecule has 1 saturated carbocycles. The lowest BCUT2D eigenvalue weighted by atomic mass is 10.1. The maximum absolute atomic E-state index is 13.5. The molecule has 0 unspecified atom stereocenters. The number of thiazole rings is 1. The van der Waals surface area contributed by atoms with Crippen LogP contribution < -0.4 is 10.6 Å². The first kappa shape index (κ1) is 24.7. The molecule has 1 atom stereocenters. The number of benzene rings is 1. The van der Waals surface area contributed by atoms with E-state index in [4.69, 9.17) is 5.26 Å². The Morgan fingerprint density at radius 2 is 1.89 bits per heavy atom. The van der Waals surface area contributed by atoms with Gasteiger partial charge in [0.15, 0.2) is 0 Å². The van der Waals surface area contributed by atoms with Crippen molar-refractivity contribution < 1.29 is 23.2 Å². The summed E-state index contributed by atoms with van der Waals surface area (Å²) < 4.78 is 27.0. The number of carbonyl (C=O) groups is 3. The average Bonchev–Trinajstić information content (AvgIpc) is 3.58. The van der Waals surface area contributed by atoms with Crippen LogP contribution in [0.15, 0.2) is 29.6 Å². The number of hydrogen-bond acceptors (Lipinski definition) is 6. The summed E-state index contributed by atoms with van der Waals surface area (Å²) in [6.45, 7) is -1.33. The molecular formula is C24H25F2N5O3S. The molecule has 184 valence electrons. The Balaban J connectivity index is 1.28. The summed E-state index contributed by atoms with van der Waals surface area (Å²) in [5.41, 5.74) is 1.64. The van der Waals surface area contributed by atoms with Crippen LogP contribution in [-0.4, -0.2) is 58.7 Å². The number of aromatic nitrogens is 1. The maximum atomic E-state index is 13.5. The number of halogens is 2. The number of nitriles is 1. The van der Waals surface area contributed by atoms with Crippen LogP contribution in [0.25, 0.3) is 0 Å². The second-order valence-electron chi connectivity index (χ2n) is 8.86. The van der Waals surface area contributed by atoms with Crippen LogP contribution >= 0.6 is 11.3 Å². The van der Waals surface area contributed by atoms with Gasteiger partial charge in [0.25, 0.3) is 17.7 Å². The first-order valence-electron chi connectivity index (χ1n) is 11.4. The van der Waals surface area contributed by atoms with Crippen LogP contribution in [0.4, 0.5) is 8.78 Å². The molecule has 2 aliphatic rings. The number of nitrogens with one attached hydrogen (secondary N) is 2. The molecule has 2 aromatic rings. The van der Waals surface area contributed by atoms with E-state index in [1.807, 2.05) is 12.1 Å². The fraction of sp³-hybridized carbons (Fsp3) is 0.458. The zero-order valence-corrected chi connectivity index (χ0v) is 19.7. The molecule has 1 aliphatic heterocycles. The van der Waals surface area contributed by atoms with E-state index in [2.05, 4.69) is 15.6 Å². The number of likely N-dealkylation sites (tertiary alicyclic amines) is 1. The van der Waals surface area contributed by atoms with Crippen molar-refractivity contribution in [3.63, 3.8) is 0 Å². The van der Waals surface area contributed by atoms with E-state index in [1.54, 1.807) is 23.6 Å². The van der Waals surface area contributed by atoms with Gasteiger partial charge < -0.3 is 15.5 Å². The van der Waals surface area contributed by atoms with E-state index in [-0.39, 0.29) is 17.6 Å². The minimum Gasteiger partial charge on any atom is -0.349 e. The van der Waals surface area contributed by atoms with Crippen molar-refractivity contribution in [3.8, 4) is 6.07 Å². The summed E-state index contributed by atoms with van der Waals surface area (Å²) >= 11 is 1.28. The summed E-state index contributed by atoms with van der Waals surface area (Å²) in [4.78, 5) is 42.1. The van der Waals surface area contributed by atoms with Gasteiger partial charge >= 0.3 is 0 Å². The molecule has 2 N–H and O–H groups in total. The van der Waals surface area contributed by atoms with Crippen molar-refractivity contribution in [2.75, 3.05) is 13.1 Å². The zero-order valence-electron chi connectivity index (χ0n) is 18.9. The van der Waals surface area contributed by atoms with Gasteiger partial charge in [-0.1, -0.05) is 25.0 Å². The van der Waals surface area contributed by atoms with Gasteiger partial charge in [-0.25, -0.2) is 13.8 Å². The Kier molecular flexibility index (Phi) is 7.40. The molecule has 3 amide bonds. The average molecular weight is 502 g/mol. The van der Waals surface area contributed by atoms with E-state index in [0.717, 1.165) is 36.1 Å². The first-order chi connectivity index (χ1) is 16.7. The van der Waals surface area contributed by atoms with Gasteiger partial charge in [-0.3, -0.25) is 14.4 Å². The van der Waals surface area contributed by atoms with Gasteiger partial charge in [-0.2, -0.15) is 5.26 Å². The van der Waals surface area contributed by atoms with E-state index in [0.29, 0.717) is 17.0 Å².